The van der Waals surface area contributed by atoms with Gasteiger partial charge in [0, 0.05) is 11.6 Å². The zero-order chi connectivity index (χ0) is 14.7. The van der Waals surface area contributed by atoms with Crippen LogP contribution in [0.25, 0.3) is 10.8 Å². The van der Waals surface area contributed by atoms with Gasteiger partial charge in [-0.1, -0.05) is 44.2 Å². The van der Waals surface area contributed by atoms with Crippen molar-refractivity contribution in [1.29, 1.82) is 0 Å². The van der Waals surface area contributed by atoms with Crippen LogP contribution in [-0.2, 0) is 6.42 Å². The number of fused-ring (bicyclic) bond motifs is 3. The summed E-state index contributed by atoms with van der Waals surface area (Å²) in [7, 11) is 0. The third-order valence-corrected chi connectivity index (χ3v) is 4.41. The van der Waals surface area contributed by atoms with Crippen molar-refractivity contribution in [3.05, 3.63) is 42.0 Å². The van der Waals surface area contributed by atoms with Crippen LogP contribution in [0.2, 0.25) is 0 Å². The van der Waals surface area contributed by atoms with Gasteiger partial charge in [-0.15, -0.1) is 0 Å². The predicted octanol–water partition coefficient (Wildman–Crippen LogP) is 4.27. The quantitative estimate of drug-likeness (QED) is 0.812. The molecule has 0 N–H and O–H groups in total. The molecule has 0 radical (unpaired) electrons. The van der Waals surface area contributed by atoms with Crippen LogP contribution in [0, 0.1) is 0 Å². The van der Waals surface area contributed by atoms with Crippen LogP contribution >= 0.6 is 0 Å². The highest BCUT2D eigenvalue weighted by atomic mass is 16.5. The topological polar surface area (TPSA) is 12.5 Å². The Morgan fingerprint density at radius 1 is 1.05 bits per heavy atom. The molecular weight excluding hydrogens is 258 g/mol. The Hall–Kier alpha value is -1.54. The van der Waals surface area contributed by atoms with Gasteiger partial charge in [-0.25, -0.2) is 0 Å². The van der Waals surface area contributed by atoms with Crippen LogP contribution in [0.1, 0.15) is 32.3 Å². The zero-order valence-corrected chi connectivity index (χ0v) is 13.1. The van der Waals surface area contributed by atoms with Crippen LogP contribution in [0.5, 0.6) is 5.75 Å². The van der Waals surface area contributed by atoms with E-state index in [1.54, 1.807) is 0 Å². The molecule has 0 bridgehead atoms. The van der Waals surface area contributed by atoms with Crippen molar-refractivity contribution in [2.75, 3.05) is 19.7 Å². The Kier molecular flexibility index (Phi) is 4.45. The minimum Gasteiger partial charge on any atom is -0.492 e. The molecule has 21 heavy (non-hydrogen) atoms. The van der Waals surface area contributed by atoms with Crippen molar-refractivity contribution in [3.8, 4) is 5.75 Å². The van der Waals surface area contributed by atoms with Gasteiger partial charge >= 0.3 is 0 Å². The largest absolute Gasteiger partial charge is 0.492 e. The molecule has 2 aromatic rings. The maximum atomic E-state index is 6.08. The van der Waals surface area contributed by atoms with Crippen molar-refractivity contribution in [2.24, 2.45) is 0 Å². The summed E-state index contributed by atoms with van der Waals surface area (Å²) in [5.74, 6) is 1.08. The smallest absolute Gasteiger partial charge is 0.123 e. The minimum absolute atomic E-state index is 0.517. The Labute approximate surface area is 127 Å². The van der Waals surface area contributed by atoms with Crippen molar-refractivity contribution in [1.82, 2.24) is 4.90 Å². The normalized spacial score (nSPS) is 17.8. The van der Waals surface area contributed by atoms with Gasteiger partial charge in [-0.05, 0) is 49.2 Å². The zero-order valence-electron chi connectivity index (χ0n) is 13.1. The second-order valence-electron chi connectivity index (χ2n) is 5.97. The van der Waals surface area contributed by atoms with Gasteiger partial charge in [0.15, 0.2) is 0 Å². The first-order valence-electron chi connectivity index (χ1n) is 8.21. The van der Waals surface area contributed by atoms with Gasteiger partial charge in [0.25, 0.3) is 0 Å². The molecule has 1 heterocycles. The lowest BCUT2D eigenvalue weighted by Crippen LogP contribution is -2.44. The molecular formula is C19H25NO. The van der Waals surface area contributed by atoms with Gasteiger partial charge < -0.3 is 4.74 Å². The van der Waals surface area contributed by atoms with Gasteiger partial charge in [-0.3, -0.25) is 4.90 Å². The van der Waals surface area contributed by atoms with E-state index < -0.39 is 0 Å². The second kappa shape index (κ2) is 6.48. The molecule has 1 atom stereocenters. The van der Waals surface area contributed by atoms with Crippen molar-refractivity contribution < 1.29 is 4.74 Å². The van der Waals surface area contributed by atoms with Crippen LogP contribution in [0.3, 0.4) is 0 Å². The Morgan fingerprint density at radius 2 is 1.81 bits per heavy atom. The molecule has 0 saturated carbocycles. The number of rotatable bonds is 5. The third-order valence-electron chi connectivity index (χ3n) is 4.41. The summed E-state index contributed by atoms with van der Waals surface area (Å²) in [5.41, 5.74) is 1.39. The van der Waals surface area contributed by atoms with E-state index >= 15 is 0 Å². The van der Waals surface area contributed by atoms with Crippen molar-refractivity contribution >= 4 is 10.8 Å². The average Bonchev–Trinajstić information content (AvgIpc) is 2.54. The van der Waals surface area contributed by atoms with E-state index in [1.807, 2.05) is 0 Å². The fourth-order valence-corrected chi connectivity index (χ4v) is 3.43. The summed E-state index contributed by atoms with van der Waals surface area (Å²) in [6, 6.07) is 13.5. The minimum atomic E-state index is 0.517. The van der Waals surface area contributed by atoms with E-state index in [2.05, 4.69) is 55.1 Å². The van der Waals surface area contributed by atoms with Gasteiger partial charge in [0.2, 0.25) is 0 Å². The molecule has 2 aromatic carbocycles. The maximum Gasteiger partial charge on any atom is 0.123 e. The Morgan fingerprint density at radius 3 is 2.57 bits per heavy atom. The second-order valence-corrected chi connectivity index (χ2v) is 5.97. The maximum absolute atomic E-state index is 6.08. The first kappa shape index (κ1) is 14.4. The standard InChI is InChI=1S/C19H25NO/c1-3-11-20(12-4-2)16-13-18-17-8-6-5-7-15(17)9-10-19(18)21-14-16/h5-10,16H,3-4,11-14H2,1-2H3/t16-/m0/s1. The SMILES string of the molecule is CCCN(CCC)[C@@H]1COc2ccc3ccccc3c2C1. The Bertz CT molecular complexity index is 602. The number of nitrogens with zero attached hydrogens (tertiary/aromatic N) is 1. The van der Waals surface area contributed by atoms with E-state index in [9.17, 15) is 0 Å². The molecule has 0 aliphatic carbocycles. The molecule has 0 fully saturated rings. The van der Waals surface area contributed by atoms with Crippen LogP contribution in [0.4, 0.5) is 0 Å². The predicted molar refractivity (Wildman–Crippen MR) is 89.1 cm³/mol. The highest BCUT2D eigenvalue weighted by Crippen LogP contribution is 2.33. The lowest BCUT2D eigenvalue weighted by atomic mass is 9.95. The van der Waals surface area contributed by atoms with E-state index in [1.165, 1.54) is 42.3 Å². The number of benzene rings is 2. The molecule has 3 rings (SSSR count). The lowest BCUT2D eigenvalue weighted by molar-refractivity contribution is 0.119. The van der Waals surface area contributed by atoms with E-state index in [0.717, 1.165) is 18.8 Å². The van der Waals surface area contributed by atoms with Gasteiger partial charge in [0.1, 0.15) is 12.4 Å². The molecule has 0 unspecified atom stereocenters. The highest BCUT2D eigenvalue weighted by Gasteiger charge is 2.25. The third kappa shape index (κ3) is 2.91. The van der Waals surface area contributed by atoms with E-state index in [-0.39, 0.29) is 0 Å². The van der Waals surface area contributed by atoms with Gasteiger partial charge in [0.05, 0.1) is 0 Å². The number of hydrogen-bond acceptors (Lipinski definition) is 2. The number of ether oxygens (including phenoxy) is 1. The van der Waals surface area contributed by atoms with Crippen LogP contribution in [-0.4, -0.2) is 30.6 Å². The lowest BCUT2D eigenvalue weighted by Gasteiger charge is -2.35. The van der Waals surface area contributed by atoms with Crippen LogP contribution < -0.4 is 4.74 Å². The summed E-state index contributed by atoms with van der Waals surface area (Å²) in [5, 5.41) is 2.67. The molecule has 1 aliphatic heterocycles. The van der Waals surface area contributed by atoms with Gasteiger partial charge in [-0.2, -0.15) is 0 Å². The average molecular weight is 283 g/mol. The Balaban J connectivity index is 1.91. The van der Waals surface area contributed by atoms with Crippen molar-refractivity contribution in [2.45, 2.75) is 39.2 Å². The summed E-state index contributed by atoms with van der Waals surface area (Å²) < 4.78 is 6.08. The van der Waals surface area contributed by atoms with E-state index in [0.29, 0.717) is 6.04 Å². The highest BCUT2D eigenvalue weighted by molar-refractivity contribution is 5.88. The summed E-state index contributed by atoms with van der Waals surface area (Å²) in [6.07, 6.45) is 3.52. The molecule has 2 nitrogen and oxygen atoms in total. The molecule has 0 spiro atoms. The first-order chi connectivity index (χ1) is 10.3. The molecule has 1 aliphatic rings. The van der Waals surface area contributed by atoms with Crippen LogP contribution in [0.15, 0.2) is 36.4 Å². The first-order valence-corrected chi connectivity index (χ1v) is 8.21. The molecule has 112 valence electrons. The molecule has 2 heteroatoms. The monoisotopic (exact) mass is 283 g/mol. The van der Waals surface area contributed by atoms with Crippen molar-refractivity contribution in [3.63, 3.8) is 0 Å². The number of hydrogen-bond donors (Lipinski definition) is 0. The summed E-state index contributed by atoms with van der Waals surface area (Å²) >= 11 is 0. The fraction of sp³-hybridized carbons (Fsp3) is 0.474. The fourth-order valence-electron chi connectivity index (χ4n) is 3.43. The molecule has 0 aromatic heterocycles. The molecule has 0 saturated heterocycles. The van der Waals surface area contributed by atoms with E-state index in [4.69, 9.17) is 4.74 Å². The summed E-state index contributed by atoms with van der Waals surface area (Å²) in [6.45, 7) is 7.68. The molecule has 0 amide bonds. The summed E-state index contributed by atoms with van der Waals surface area (Å²) in [4.78, 5) is 2.60.